The van der Waals surface area contributed by atoms with Crippen LogP contribution in [0, 0.1) is 0 Å². The number of hydrazine groups is 1. The first-order valence-electron chi connectivity index (χ1n) is 4.14. The lowest BCUT2D eigenvalue weighted by atomic mass is 10.4. The average molecular weight is 221 g/mol. The molecule has 0 unspecified atom stereocenters. The normalized spacial score (nSPS) is 11.3. The first-order chi connectivity index (χ1) is 6.97. The molecule has 0 amide bonds. The molecular weight excluding hydrogens is 211 g/mol. The fourth-order valence-corrected chi connectivity index (χ4v) is 0.920. The molecular formula is C7H10F3N5. The minimum atomic E-state index is -4.59. The van der Waals surface area contributed by atoms with Crippen molar-refractivity contribution in [2.24, 2.45) is 5.84 Å². The van der Waals surface area contributed by atoms with E-state index in [1.54, 1.807) is 6.92 Å². The number of aromatic nitrogens is 2. The molecule has 15 heavy (non-hydrogen) atoms. The van der Waals surface area contributed by atoms with E-state index in [4.69, 9.17) is 5.84 Å². The van der Waals surface area contributed by atoms with Gasteiger partial charge in [0, 0.05) is 12.6 Å². The minimum Gasteiger partial charge on any atom is -0.370 e. The molecule has 0 bridgehead atoms. The van der Waals surface area contributed by atoms with Gasteiger partial charge in [-0.15, -0.1) is 0 Å². The second kappa shape index (κ2) is 4.30. The van der Waals surface area contributed by atoms with Crippen LogP contribution in [-0.2, 0) is 6.18 Å². The molecule has 0 aliphatic carbocycles. The van der Waals surface area contributed by atoms with Gasteiger partial charge >= 0.3 is 6.18 Å². The Morgan fingerprint density at radius 2 is 1.93 bits per heavy atom. The maximum absolute atomic E-state index is 12.3. The zero-order valence-corrected chi connectivity index (χ0v) is 7.89. The summed E-state index contributed by atoms with van der Waals surface area (Å²) in [6, 6.07) is 1.29. The molecule has 0 radical (unpaired) electrons. The Hall–Kier alpha value is -1.57. The second-order valence-corrected chi connectivity index (χ2v) is 2.63. The van der Waals surface area contributed by atoms with Crippen LogP contribution in [0.4, 0.5) is 24.8 Å². The summed E-state index contributed by atoms with van der Waals surface area (Å²) in [5.41, 5.74) is 2.05. The van der Waals surface area contributed by atoms with Crippen molar-refractivity contribution in [1.29, 1.82) is 0 Å². The minimum absolute atomic E-state index is 0.0766. The molecule has 0 aliphatic rings. The lowest BCUT2D eigenvalue weighted by Crippen LogP contribution is -2.17. The molecule has 1 aromatic heterocycles. The van der Waals surface area contributed by atoms with Gasteiger partial charge in [0.15, 0.2) is 0 Å². The average Bonchev–Trinajstić information content (AvgIpc) is 2.16. The van der Waals surface area contributed by atoms with Crippen LogP contribution in [0.5, 0.6) is 0 Å². The van der Waals surface area contributed by atoms with Crippen molar-refractivity contribution >= 4 is 11.6 Å². The number of halogens is 3. The van der Waals surface area contributed by atoms with Crippen molar-refractivity contribution in [3.05, 3.63) is 11.9 Å². The Morgan fingerprint density at radius 3 is 2.40 bits per heavy atom. The summed E-state index contributed by atoms with van der Waals surface area (Å²) in [6.45, 7) is 2.20. The Kier molecular flexibility index (Phi) is 3.30. The van der Waals surface area contributed by atoms with Crippen molar-refractivity contribution in [2.75, 3.05) is 17.3 Å². The molecule has 1 heterocycles. The van der Waals surface area contributed by atoms with Crippen LogP contribution in [0.2, 0.25) is 0 Å². The van der Waals surface area contributed by atoms with Gasteiger partial charge in [0.1, 0.15) is 11.6 Å². The molecule has 1 aromatic rings. The van der Waals surface area contributed by atoms with E-state index in [1.165, 1.54) is 6.07 Å². The van der Waals surface area contributed by atoms with E-state index in [9.17, 15) is 13.2 Å². The van der Waals surface area contributed by atoms with Crippen LogP contribution in [0.1, 0.15) is 12.7 Å². The van der Waals surface area contributed by atoms with Gasteiger partial charge in [0.05, 0.1) is 0 Å². The number of nitrogens with zero attached hydrogens (tertiary/aromatic N) is 2. The number of hydrogen-bond donors (Lipinski definition) is 3. The summed E-state index contributed by atoms with van der Waals surface area (Å²) in [5, 5.41) is 2.65. The molecule has 0 saturated carbocycles. The number of nitrogen functional groups attached to an aromatic ring is 1. The maximum Gasteiger partial charge on any atom is 0.451 e. The molecule has 0 aromatic carbocycles. The fourth-order valence-electron chi connectivity index (χ4n) is 0.920. The Bertz CT molecular complexity index is 338. The molecule has 0 saturated heterocycles. The molecule has 8 heteroatoms. The van der Waals surface area contributed by atoms with Gasteiger partial charge in [-0.3, -0.25) is 0 Å². The predicted molar refractivity (Wildman–Crippen MR) is 49.0 cm³/mol. The molecule has 0 aliphatic heterocycles. The van der Waals surface area contributed by atoms with Gasteiger partial charge in [-0.25, -0.2) is 15.8 Å². The van der Waals surface area contributed by atoms with Gasteiger partial charge in [-0.2, -0.15) is 13.2 Å². The monoisotopic (exact) mass is 221 g/mol. The smallest absolute Gasteiger partial charge is 0.370 e. The molecule has 0 fully saturated rings. The molecule has 5 nitrogen and oxygen atoms in total. The van der Waals surface area contributed by atoms with Crippen molar-refractivity contribution in [3.8, 4) is 0 Å². The summed E-state index contributed by atoms with van der Waals surface area (Å²) in [7, 11) is 0. The van der Waals surface area contributed by atoms with Crippen LogP contribution >= 0.6 is 0 Å². The topological polar surface area (TPSA) is 75.9 Å². The SMILES string of the molecule is CCNc1cc(NN)nc(C(F)(F)F)n1. The number of nitrogens with two attached hydrogens (primary N) is 1. The van der Waals surface area contributed by atoms with E-state index in [2.05, 4.69) is 15.3 Å². The Morgan fingerprint density at radius 1 is 1.33 bits per heavy atom. The van der Waals surface area contributed by atoms with Crippen molar-refractivity contribution in [2.45, 2.75) is 13.1 Å². The lowest BCUT2D eigenvalue weighted by Gasteiger charge is -2.09. The summed E-state index contributed by atoms with van der Waals surface area (Å²) in [6.07, 6.45) is -4.59. The van der Waals surface area contributed by atoms with Gasteiger partial charge in [0.2, 0.25) is 5.82 Å². The maximum atomic E-state index is 12.3. The highest BCUT2D eigenvalue weighted by Gasteiger charge is 2.35. The number of anilines is 2. The summed E-state index contributed by atoms with van der Waals surface area (Å²) in [5.74, 6) is 3.75. The van der Waals surface area contributed by atoms with E-state index in [0.29, 0.717) is 6.54 Å². The zero-order valence-electron chi connectivity index (χ0n) is 7.89. The third kappa shape index (κ3) is 2.94. The number of hydrogen-bond acceptors (Lipinski definition) is 5. The van der Waals surface area contributed by atoms with Gasteiger partial charge in [-0.05, 0) is 6.92 Å². The molecule has 84 valence electrons. The van der Waals surface area contributed by atoms with Crippen LogP contribution in [-0.4, -0.2) is 16.5 Å². The zero-order chi connectivity index (χ0) is 11.5. The van der Waals surface area contributed by atoms with E-state index < -0.39 is 12.0 Å². The predicted octanol–water partition coefficient (Wildman–Crippen LogP) is 1.21. The first kappa shape index (κ1) is 11.5. The van der Waals surface area contributed by atoms with Gasteiger partial charge in [0.25, 0.3) is 0 Å². The van der Waals surface area contributed by atoms with Crippen LogP contribution < -0.4 is 16.6 Å². The largest absolute Gasteiger partial charge is 0.451 e. The molecule has 0 atom stereocenters. The van der Waals surface area contributed by atoms with Gasteiger partial charge < -0.3 is 10.7 Å². The number of rotatable bonds is 3. The summed E-state index contributed by atoms with van der Waals surface area (Å²) < 4.78 is 36.9. The Balaban J connectivity index is 3.11. The van der Waals surface area contributed by atoms with E-state index >= 15 is 0 Å². The van der Waals surface area contributed by atoms with Crippen LogP contribution in [0.15, 0.2) is 6.07 Å². The standard InChI is InChI=1S/C7H10F3N5/c1-2-12-4-3-5(15-11)14-6(13-4)7(8,9)10/h3H,2,11H2,1H3,(H2,12,13,14,15). The summed E-state index contributed by atoms with van der Waals surface area (Å²) >= 11 is 0. The third-order valence-electron chi connectivity index (χ3n) is 1.49. The van der Waals surface area contributed by atoms with Gasteiger partial charge in [-0.1, -0.05) is 0 Å². The third-order valence-corrected chi connectivity index (χ3v) is 1.49. The fraction of sp³-hybridized carbons (Fsp3) is 0.429. The highest BCUT2D eigenvalue weighted by atomic mass is 19.4. The highest BCUT2D eigenvalue weighted by Crippen LogP contribution is 2.27. The van der Waals surface area contributed by atoms with E-state index in [1.807, 2.05) is 5.43 Å². The number of alkyl halides is 3. The van der Waals surface area contributed by atoms with Crippen molar-refractivity contribution in [1.82, 2.24) is 9.97 Å². The molecule has 4 N–H and O–H groups in total. The summed E-state index contributed by atoms with van der Waals surface area (Å²) in [4.78, 5) is 6.49. The Labute approximate surface area is 83.9 Å². The van der Waals surface area contributed by atoms with E-state index in [0.717, 1.165) is 0 Å². The van der Waals surface area contributed by atoms with Crippen LogP contribution in [0.3, 0.4) is 0 Å². The quantitative estimate of drug-likeness (QED) is 0.528. The second-order valence-electron chi connectivity index (χ2n) is 2.63. The highest BCUT2D eigenvalue weighted by molar-refractivity contribution is 5.46. The lowest BCUT2D eigenvalue weighted by molar-refractivity contribution is -0.144. The van der Waals surface area contributed by atoms with E-state index in [-0.39, 0.29) is 11.6 Å². The molecule has 1 rings (SSSR count). The number of nitrogens with one attached hydrogen (secondary N) is 2. The van der Waals surface area contributed by atoms with Crippen molar-refractivity contribution < 1.29 is 13.2 Å². The molecule has 0 spiro atoms. The van der Waals surface area contributed by atoms with Crippen LogP contribution in [0.25, 0.3) is 0 Å². The van der Waals surface area contributed by atoms with Crippen molar-refractivity contribution in [3.63, 3.8) is 0 Å². The first-order valence-corrected chi connectivity index (χ1v) is 4.14.